The SMILES string of the molecule is Cn1cncc1-c1nc2cc(-c3ccnc(F)c3)ccc2n1-c1ccc2c(c1)n(C)c(=O)n2C. The van der Waals surface area contributed by atoms with E-state index in [4.69, 9.17) is 4.98 Å². The van der Waals surface area contributed by atoms with E-state index >= 15 is 0 Å². The Labute approximate surface area is 193 Å². The monoisotopic (exact) mass is 453 g/mol. The Hall–Kier alpha value is -4.53. The Morgan fingerprint density at radius 3 is 2.38 bits per heavy atom. The largest absolute Gasteiger partial charge is 0.331 e. The van der Waals surface area contributed by atoms with Crippen molar-refractivity contribution in [2.24, 2.45) is 21.1 Å². The standard InChI is InChI=1S/C25H20FN7O/c1-30-14-27-13-22(30)24-29-18-10-15(16-8-9-28-23(26)11-16)4-6-19(18)33(24)17-5-7-20-21(12-17)32(3)25(34)31(20)2/h4-14H,1-3H3. The number of rotatable bonds is 3. The molecule has 0 fully saturated rings. The second-order valence-electron chi connectivity index (χ2n) is 8.30. The van der Waals surface area contributed by atoms with Gasteiger partial charge in [0.15, 0.2) is 5.82 Å². The lowest BCUT2D eigenvalue weighted by atomic mass is 10.1. The molecule has 6 rings (SSSR count). The molecule has 0 spiro atoms. The van der Waals surface area contributed by atoms with Crippen LogP contribution in [-0.2, 0) is 21.1 Å². The summed E-state index contributed by atoms with van der Waals surface area (Å²) >= 11 is 0. The molecule has 0 amide bonds. The van der Waals surface area contributed by atoms with Crippen molar-refractivity contribution in [2.45, 2.75) is 0 Å². The first kappa shape index (κ1) is 20.1. The summed E-state index contributed by atoms with van der Waals surface area (Å²) in [5.74, 6) is 0.189. The van der Waals surface area contributed by atoms with E-state index in [-0.39, 0.29) is 5.69 Å². The molecule has 34 heavy (non-hydrogen) atoms. The lowest BCUT2D eigenvalue weighted by molar-refractivity contribution is 0.584. The van der Waals surface area contributed by atoms with Crippen molar-refractivity contribution in [3.63, 3.8) is 0 Å². The number of halogens is 1. The van der Waals surface area contributed by atoms with Gasteiger partial charge in [-0.3, -0.25) is 13.7 Å². The average molecular weight is 453 g/mol. The third-order valence-corrected chi connectivity index (χ3v) is 6.27. The number of hydrogen-bond acceptors (Lipinski definition) is 4. The van der Waals surface area contributed by atoms with Gasteiger partial charge in [-0.1, -0.05) is 6.07 Å². The van der Waals surface area contributed by atoms with Crippen LogP contribution in [0, 0.1) is 5.95 Å². The normalized spacial score (nSPS) is 11.6. The smallest absolute Gasteiger partial charge is 0.328 e. The molecule has 0 radical (unpaired) electrons. The van der Waals surface area contributed by atoms with Crippen LogP contribution in [0.15, 0.2) is 72.0 Å². The highest BCUT2D eigenvalue weighted by atomic mass is 19.1. The molecular weight excluding hydrogens is 433 g/mol. The molecule has 4 aromatic heterocycles. The predicted molar refractivity (Wildman–Crippen MR) is 128 cm³/mol. The Balaban J connectivity index is 1.64. The maximum Gasteiger partial charge on any atom is 0.328 e. The molecule has 8 nitrogen and oxygen atoms in total. The van der Waals surface area contributed by atoms with Gasteiger partial charge in [0, 0.05) is 39.1 Å². The fourth-order valence-corrected chi connectivity index (χ4v) is 4.48. The topological polar surface area (TPSA) is 75.5 Å². The molecule has 0 N–H and O–H groups in total. The Morgan fingerprint density at radius 2 is 1.62 bits per heavy atom. The summed E-state index contributed by atoms with van der Waals surface area (Å²) in [6.07, 6.45) is 4.95. The number of fused-ring (bicyclic) bond motifs is 2. The maximum absolute atomic E-state index is 13.7. The molecule has 4 heterocycles. The van der Waals surface area contributed by atoms with Crippen LogP contribution in [0.25, 0.3) is 50.4 Å². The van der Waals surface area contributed by atoms with Gasteiger partial charge in [-0.05, 0) is 47.5 Å². The molecule has 0 aliphatic heterocycles. The van der Waals surface area contributed by atoms with E-state index in [0.717, 1.165) is 44.6 Å². The van der Waals surface area contributed by atoms with E-state index in [2.05, 4.69) is 14.5 Å². The molecule has 0 unspecified atom stereocenters. The summed E-state index contributed by atoms with van der Waals surface area (Å²) in [4.78, 5) is 25.3. The molecule has 0 aliphatic carbocycles. The van der Waals surface area contributed by atoms with Crippen molar-refractivity contribution in [3.8, 4) is 28.3 Å². The van der Waals surface area contributed by atoms with Crippen LogP contribution in [0.4, 0.5) is 4.39 Å². The average Bonchev–Trinajstić information content (AvgIpc) is 3.49. The first-order valence-electron chi connectivity index (χ1n) is 10.7. The molecule has 9 heteroatoms. The number of aromatic nitrogens is 7. The van der Waals surface area contributed by atoms with Gasteiger partial charge in [-0.15, -0.1) is 0 Å². The first-order valence-corrected chi connectivity index (χ1v) is 10.7. The van der Waals surface area contributed by atoms with Gasteiger partial charge in [-0.2, -0.15) is 4.39 Å². The van der Waals surface area contributed by atoms with Crippen LogP contribution < -0.4 is 5.69 Å². The highest BCUT2D eigenvalue weighted by Gasteiger charge is 2.19. The summed E-state index contributed by atoms with van der Waals surface area (Å²) in [5, 5.41) is 0. The fraction of sp³-hybridized carbons (Fsp3) is 0.120. The van der Waals surface area contributed by atoms with Crippen LogP contribution in [0.2, 0.25) is 0 Å². The van der Waals surface area contributed by atoms with Crippen molar-refractivity contribution in [2.75, 3.05) is 0 Å². The second-order valence-corrected chi connectivity index (χ2v) is 8.30. The van der Waals surface area contributed by atoms with Gasteiger partial charge >= 0.3 is 5.69 Å². The zero-order valence-electron chi connectivity index (χ0n) is 18.8. The highest BCUT2D eigenvalue weighted by molar-refractivity contribution is 5.88. The van der Waals surface area contributed by atoms with Gasteiger partial charge in [0.2, 0.25) is 5.95 Å². The molecular formula is C25H20FN7O. The third-order valence-electron chi connectivity index (χ3n) is 6.27. The number of nitrogens with zero attached hydrogens (tertiary/aromatic N) is 7. The lowest BCUT2D eigenvalue weighted by Crippen LogP contribution is -2.19. The van der Waals surface area contributed by atoms with E-state index in [1.165, 1.54) is 12.3 Å². The quantitative estimate of drug-likeness (QED) is 0.382. The minimum atomic E-state index is -0.527. The first-order chi connectivity index (χ1) is 16.4. The highest BCUT2D eigenvalue weighted by Crippen LogP contribution is 2.32. The van der Waals surface area contributed by atoms with Crippen molar-refractivity contribution in [1.29, 1.82) is 0 Å². The number of benzene rings is 2. The Bertz CT molecular complexity index is 1790. The van der Waals surface area contributed by atoms with E-state index in [1.54, 1.807) is 41.8 Å². The van der Waals surface area contributed by atoms with Crippen LogP contribution in [0.5, 0.6) is 0 Å². The molecule has 0 atom stereocenters. The molecule has 0 saturated heterocycles. The van der Waals surface area contributed by atoms with Gasteiger partial charge in [0.1, 0.15) is 5.69 Å². The predicted octanol–water partition coefficient (Wildman–Crippen LogP) is 3.82. The van der Waals surface area contributed by atoms with E-state index in [1.807, 2.05) is 48.0 Å². The summed E-state index contributed by atoms with van der Waals surface area (Å²) in [5.41, 5.74) is 6.52. The van der Waals surface area contributed by atoms with Crippen molar-refractivity contribution in [3.05, 3.63) is 83.7 Å². The third kappa shape index (κ3) is 2.90. The number of pyridine rings is 1. The van der Waals surface area contributed by atoms with Gasteiger partial charge in [-0.25, -0.2) is 19.7 Å². The molecule has 0 aliphatic rings. The van der Waals surface area contributed by atoms with Crippen LogP contribution >= 0.6 is 0 Å². The van der Waals surface area contributed by atoms with Crippen molar-refractivity contribution < 1.29 is 4.39 Å². The van der Waals surface area contributed by atoms with Crippen LogP contribution in [0.3, 0.4) is 0 Å². The number of aryl methyl sites for hydroxylation is 3. The van der Waals surface area contributed by atoms with Gasteiger partial charge in [0.05, 0.1) is 34.6 Å². The zero-order chi connectivity index (χ0) is 23.6. The van der Waals surface area contributed by atoms with Crippen molar-refractivity contribution in [1.82, 2.24) is 33.2 Å². The fourth-order valence-electron chi connectivity index (χ4n) is 4.48. The van der Waals surface area contributed by atoms with Gasteiger partial charge < -0.3 is 4.57 Å². The van der Waals surface area contributed by atoms with E-state index in [0.29, 0.717) is 5.82 Å². The van der Waals surface area contributed by atoms with Crippen molar-refractivity contribution >= 4 is 22.1 Å². The molecule has 0 saturated carbocycles. The number of hydrogen-bond donors (Lipinski definition) is 0. The van der Waals surface area contributed by atoms with E-state index in [9.17, 15) is 9.18 Å². The second kappa shape index (κ2) is 7.24. The lowest BCUT2D eigenvalue weighted by Gasteiger charge is -2.11. The summed E-state index contributed by atoms with van der Waals surface area (Å²) < 4.78 is 20.9. The zero-order valence-corrected chi connectivity index (χ0v) is 18.8. The minimum Gasteiger partial charge on any atom is -0.331 e. The summed E-state index contributed by atoms with van der Waals surface area (Å²) in [6, 6.07) is 15.0. The molecule has 6 aromatic rings. The molecule has 2 aromatic carbocycles. The number of imidazole rings is 3. The minimum absolute atomic E-state index is 0.0799. The summed E-state index contributed by atoms with van der Waals surface area (Å²) in [7, 11) is 5.45. The maximum atomic E-state index is 13.7. The van der Waals surface area contributed by atoms with Gasteiger partial charge in [0.25, 0.3) is 0 Å². The van der Waals surface area contributed by atoms with E-state index < -0.39 is 5.95 Å². The Morgan fingerprint density at radius 1 is 0.853 bits per heavy atom. The summed E-state index contributed by atoms with van der Waals surface area (Å²) in [6.45, 7) is 0. The molecule has 168 valence electrons. The van der Waals surface area contributed by atoms with Crippen LogP contribution in [-0.4, -0.2) is 33.2 Å². The Kier molecular flexibility index (Phi) is 4.28. The van der Waals surface area contributed by atoms with Crippen LogP contribution in [0.1, 0.15) is 0 Å². The molecule has 0 bridgehead atoms.